The van der Waals surface area contributed by atoms with E-state index in [0.717, 1.165) is 27.8 Å². The first kappa shape index (κ1) is 26.6. The molecule has 4 heterocycles. The van der Waals surface area contributed by atoms with E-state index in [4.69, 9.17) is 9.84 Å². The first-order valence-corrected chi connectivity index (χ1v) is 13.1. The van der Waals surface area contributed by atoms with E-state index in [1.54, 1.807) is 40.1 Å². The molecule has 0 saturated carbocycles. The van der Waals surface area contributed by atoms with Crippen LogP contribution in [-0.2, 0) is 7.05 Å². The van der Waals surface area contributed by atoms with E-state index in [0.29, 0.717) is 11.5 Å². The second-order valence-electron chi connectivity index (χ2n) is 9.85. The summed E-state index contributed by atoms with van der Waals surface area (Å²) in [6, 6.07) is 16.4. The van der Waals surface area contributed by atoms with Crippen molar-refractivity contribution >= 4 is 28.4 Å². The topological polar surface area (TPSA) is 125 Å². The van der Waals surface area contributed by atoms with Gasteiger partial charge in [-0.25, -0.2) is 18.9 Å². The number of halogens is 1. The molecule has 0 bridgehead atoms. The number of aryl methyl sites for hydroxylation is 1. The molecule has 210 valence electrons. The molecule has 0 aliphatic rings. The summed E-state index contributed by atoms with van der Waals surface area (Å²) in [5, 5.41) is 15.1. The molecule has 0 spiro atoms. The standard InChI is InChI=1S/C30H26FN9O2/c1-18(2)26-15-28(40(38-26)21-6-9-24-19(13-21)5-4-11-32-24)37-29(41)35-27-14-22(7-8-23(27)31)42-30-33-12-10-25(36-30)20-16-34-39(3)17-20/h4-18H,1-3H3,(H2,35,37,41). The number of urea groups is 1. The van der Waals surface area contributed by atoms with Gasteiger partial charge in [0, 0.05) is 48.7 Å². The molecule has 2 N–H and O–H groups in total. The average molecular weight is 564 g/mol. The van der Waals surface area contributed by atoms with E-state index >= 15 is 0 Å². The maximum Gasteiger partial charge on any atom is 0.324 e. The van der Waals surface area contributed by atoms with Gasteiger partial charge in [-0.2, -0.15) is 15.2 Å². The van der Waals surface area contributed by atoms with Crippen LogP contribution in [0.1, 0.15) is 25.5 Å². The second-order valence-corrected chi connectivity index (χ2v) is 9.85. The van der Waals surface area contributed by atoms with E-state index in [9.17, 15) is 9.18 Å². The molecule has 2 aromatic carbocycles. The summed E-state index contributed by atoms with van der Waals surface area (Å²) >= 11 is 0. The number of nitrogens with zero attached hydrogens (tertiary/aromatic N) is 7. The van der Waals surface area contributed by atoms with Crippen LogP contribution in [0, 0.1) is 5.82 Å². The summed E-state index contributed by atoms with van der Waals surface area (Å²) in [6.07, 6.45) is 6.78. The fourth-order valence-corrected chi connectivity index (χ4v) is 4.31. The van der Waals surface area contributed by atoms with Crippen molar-refractivity contribution in [1.82, 2.24) is 34.5 Å². The number of nitrogens with one attached hydrogen (secondary N) is 2. The molecule has 11 nitrogen and oxygen atoms in total. The molecule has 6 aromatic rings. The number of rotatable bonds is 7. The summed E-state index contributed by atoms with van der Waals surface area (Å²) in [7, 11) is 1.81. The fourth-order valence-electron chi connectivity index (χ4n) is 4.31. The maximum absolute atomic E-state index is 14.7. The summed E-state index contributed by atoms with van der Waals surface area (Å²) in [5.74, 6) is 0.142. The van der Waals surface area contributed by atoms with Crippen molar-refractivity contribution in [3.63, 3.8) is 0 Å². The smallest absolute Gasteiger partial charge is 0.324 e. The van der Waals surface area contributed by atoms with Gasteiger partial charge in [-0.05, 0) is 48.4 Å². The Hall–Kier alpha value is -5.65. The fraction of sp³-hybridized carbons (Fsp3) is 0.133. The van der Waals surface area contributed by atoms with Crippen molar-refractivity contribution in [2.75, 3.05) is 10.6 Å². The molecule has 12 heteroatoms. The Morgan fingerprint density at radius 1 is 1.00 bits per heavy atom. The van der Waals surface area contributed by atoms with Gasteiger partial charge in [-0.3, -0.25) is 15.0 Å². The number of aromatic nitrogens is 7. The van der Waals surface area contributed by atoms with Gasteiger partial charge in [0.2, 0.25) is 0 Å². The van der Waals surface area contributed by atoms with Crippen LogP contribution in [0.15, 0.2) is 85.5 Å². The van der Waals surface area contributed by atoms with E-state index < -0.39 is 11.8 Å². The number of hydrogen-bond acceptors (Lipinski definition) is 7. The lowest BCUT2D eigenvalue weighted by Gasteiger charge is -2.12. The predicted molar refractivity (Wildman–Crippen MR) is 156 cm³/mol. The first-order valence-electron chi connectivity index (χ1n) is 13.1. The highest BCUT2D eigenvalue weighted by molar-refractivity contribution is 5.99. The van der Waals surface area contributed by atoms with Crippen molar-refractivity contribution in [2.24, 2.45) is 7.05 Å². The average Bonchev–Trinajstić information content (AvgIpc) is 3.61. The molecule has 0 atom stereocenters. The summed E-state index contributed by atoms with van der Waals surface area (Å²) < 4.78 is 23.8. The Bertz CT molecular complexity index is 1910. The van der Waals surface area contributed by atoms with Crippen LogP contribution in [0.5, 0.6) is 11.8 Å². The van der Waals surface area contributed by atoms with Crippen LogP contribution in [0.4, 0.5) is 20.7 Å². The zero-order valence-corrected chi connectivity index (χ0v) is 23.0. The number of fused-ring (bicyclic) bond motifs is 1. The highest BCUT2D eigenvalue weighted by atomic mass is 19.1. The number of amides is 2. The first-order chi connectivity index (χ1) is 20.3. The van der Waals surface area contributed by atoms with Crippen LogP contribution in [0.2, 0.25) is 0 Å². The zero-order chi connectivity index (χ0) is 29.2. The molecule has 0 fully saturated rings. The number of pyridine rings is 1. The molecule has 0 aliphatic heterocycles. The van der Waals surface area contributed by atoms with Crippen LogP contribution in [0.25, 0.3) is 27.8 Å². The SMILES string of the molecule is CC(C)c1cc(NC(=O)Nc2cc(Oc3nccc(-c4cnn(C)c4)n3)ccc2F)n(-c2ccc3ncccc3c2)n1. The third kappa shape index (κ3) is 5.63. The molecule has 0 unspecified atom stereocenters. The summed E-state index contributed by atoms with van der Waals surface area (Å²) in [6.45, 7) is 4.02. The molecule has 0 radical (unpaired) electrons. The Kier molecular flexibility index (Phi) is 7.01. The number of benzene rings is 2. The number of carbonyl (C=O) groups is 1. The van der Waals surface area contributed by atoms with Crippen LogP contribution in [-0.4, -0.2) is 40.5 Å². The molecule has 2 amide bonds. The molecular weight excluding hydrogens is 537 g/mol. The minimum absolute atomic E-state index is 0.0639. The Balaban J connectivity index is 1.22. The lowest BCUT2D eigenvalue weighted by molar-refractivity contribution is 0.262. The molecule has 42 heavy (non-hydrogen) atoms. The van der Waals surface area contributed by atoms with Crippen molar-refractivity contribution in [1.29, 1.82) is 0 Å². The number of carbonyl (C=O) groups excluding carboxylic acids is 1. The van der Waals surface area contributed by atoms with Gasteiger partial charge in [0.25, 0.3) is 0 Å². The highest BCUT2D eigenvalue weighted by Gasteiger charge is 2.17. The normalized spacial score (nSPS) is 11.2. The van der Waals surface area contributed by atoms with Gasteiger partial charge >= 0.3 is 12.0 Å². The molecule has 4 aromatic heterocycles. The van der Waals surface area contributed by atoms with E-state index in [1.807, 2.05) is 57.4 Å². The van der Waals surface area contributed by atoms with E-state index in [1.165, 1.54) is 18.2 Å². The van der Waals surface area contributed by atoms with Gasteiger partial charge < -0.3 is 10.1 Å². The largest absolute Gasteiger partial charge is 0.424 e. The Morgan fingerprint density at radius 2 is 1.88 bits per heavy atom. The van der Waals surface area contributed by atoms with Crippen molar-refractivity contribution in [3.8, 4) is 28.7 Å². The van der Waals surface area contributed by atoms with Crippen molar-refractivity contribution in [2.45, 2.75) is 19.8 Å². The van der Waals surface area contributed by atoms with Gasteiger partial charge in [0.1, 0.15) is 17.4 Å². The molecule has 6 rings (SSSR count). The lowest BCUT2D eigenvalue weighted by Crippen LogP contribution is -2.22. The number of anilines is 2. The van der Waals surface area contributed by atoms with Crippen molar-refractivity contribution in [3.05, 3.63) is 97.0 Å². The number of hydrogen-bond donors (Lipinski definition) is 2. The third-order valence-electron chi connectivity index (χ3n) is 6.42. The maximum atomic E-state index is 14.7. The van der Waals surface area contributed by atoms with Crippen LogP contribution in [0.3, 0.4) is 0 Å². The zero-order valence-electron chi connectivity index (χ0n) is 23.0. The predicted octanol–water partition coefficient (Wildman–Crippen LogP) is 6.31. The van der Waals surface area contributed by atoms with Crippen LogP contribution >= 0.6 is 0 Å². The molecule has 0 aliphatic carbocycles. The Morgan fingerprint density at radius 3 is 2.69 bits per heavy atom. The van der Waals surface area contributed by atoms with Gasteiger partial charge in [-0.1, -0.05) is 19.9 Å². The van der Waals surface area contributed by atoms with E-state index in [-0.39, 0.29) is 23.4 Å². The monoisotopic (exact) mass is 563 g/mol. The number of ether oxygens (including phenoxy) is 1. The Labute approximate surface area is 240 Å². The van der Waals surface area contributed by atoms with Gasteiger partial charge in [0.15, 0.2) is 0 Å². The minimum atomic E-state index is -0.653. The highest BCUT2D eigenvalue weighted by Crippen LogP contribution is 2.27. The van der Waals surface area contributed by atoms with Crippen LogP contribution < -0.4 is 15.4 Å². The summed E-state index contributed by atoms with van der Waals surface area (Å²) in [5.41, 5.74) is 3.70. The third-order valence-corrected chi connectivity index (χ3v) is 6.42. The lowest BCUT2D eigenvalue weighted by atomic mass is 10.1. The molecule has 0 saturated heterocycles. The van der Waals surface area contributed by atoms with Gasteiger partial charge in [0.05, 0.1) is 34.5 Å². The molecular formula is C30H26FN9O2. The minimum Gasteiger partial charge on any atom is -0.424 e. The van der Waals surface area contributed by atoms with Crippen molar-refractivity contribution < 1.29 is 13.9 Å². The quantitative estimate of drug-likeness (QED) is 0.233. The van der Waals surface area contributed by atoms with E-state index in [2.05, 4.69) is 30.7 Å². The second kappa shape index (κ2) is 11.1. The van der Waals surface area contributed by atoms with Gasteiger partial charge in [-0.15, -0.1) is 0 Å². The summed E-state index contributed by atoms with van der Waals surface area (Å²) in [4.78, 5) is 26.0.